The predicted octanol–water partition coefficient (Wildman–Crippen LogP) is 0.0639. The lowest BCUT2D eigenvalue weighted by molar-refractivity contribution is 0.0150. The maximum atomic E-state index is 9.84. The Morgan fingerprint density at radius 1 is 1.38 bits per heavy atom. The lowest BCUT2D eigenvalue weighted by atomic mass is 10.0. The molecule has 1 rings (SSSR count). The zero-order chi connectivity index (χ0) is 12.1. The van der Waals surface area contributed by atoms with Crippen molar-refractivity contribution in [2.75, 3.05) is 6.54 Å². The quantitative estimate of drug-likeness (QED) is 0.546. The number of rotatable bonds is 5. The zero-order valence-corrected chi connectivity index (χ0v) is 9.65. The summed E-state index contributed by atoms with van der Waals surface area (Å²) in [5.41, 5.74) is 12.1. The van der Waals surface area contributed by atoms with E-state index >= 15 is 0 Å². The highest BCUT2D eigenvalue weighted by atomic mass is 32.1. The van der Waals surface area contributed by atoms with Gasteiger partial charge in [-0.3, -0.25) is 0 Å². The minimum Gasteiger partial charge on any atom is -0.390 e. The van der Waals surface area contributed by atoms with Crippen LogP contribution in [0.4, 0.5) is 0 Å². The van der Waals surface area contributed by atoms with Crippen LogP contribution in [0.2, 0.25) is 0 Å². The van der Waals surface area contributed by atoms with Gasteiger partial charge in [-0.2, -0.15) is 0 Å². The van der Waals surface area contributed by atoms with Crippen LogP contribution in [0.5, 0.6) is 0 Å². The normalized spacial score (nSPS) is 14.4. The molecule has 1 aromatic carbocycles. The second kappa shape index (κ2) is 5.91. The van der Waals surface area contributed by atoms with Gasteiger partial charge in [0, 0.05) is 5.56 Å². The van der Waals surface area contributed by atoms with Crippen molar-refractivity contribution in [2.24, 2.45) is 11.5 Å². The minimum absolute atomic E-state index is 0.266. The average molecular weight is 240 g/mol. The fourth-order valence-electron chi connectivity index (χ4n) is 1.43. The van der Waals surface area contributed by atoms with Crippen LogP contribution in [0.3, 0.4) is 0 Å². The third-order valence-electron chi connectivity index (χ3n) is 2.34. The first-order valence-electron chi connectivity index (χ1n) is 5.02. The van der Waals surface area contributed by atoms with Crippen molar-refractivity contribution in [3.63, 3.8) is 0 Å². The van der Waals surface area contributed by atoms with Gasteiger partial charge in [0.05, 0.1) is 6.10 Å². The topological polar surface area (TPSA) is 92.5 Å². The molecular weight excluding hydrogens is 224 g/mol. The van der Waals surface area contributed by atoms with Crippen molar-refractivity contribution < 1.29 is 10.2 Å². The third-order valence-corrected chi connectivity index (χ3v) is 2.58. The van der Waals surface area contributed by atoms with Gasteiger partial charge in [-0.05, 0) is 24.6 Å². The molecule has 0 radical (unpaired) electrons. The Morgan fingerprint density at radius 2 is 2.06 bits per heavy atom. The molecule has 88 valence electrons. The van der Waals surface area contributed by atoms with Gasteiger partial charge in [-0.25, -0.2) is 0 Å². The van der Waals surface area contributed by atoms with Gasteiger partial charge in [0.1, 0.15) is 11.1 Å². The van der Waals surface area contributed by atoms with E-state index in [1.807, 2.05) is 0 Å². The summed E-state index contributed by atoms with van der Waals surface area (Å²) in [6, 6.07) is 6.88. The molecule has 0 fully saturated rings. The lowest BCUT2D eigenvalue weighted by Gasteiger charge is -2.17. The summed E-state index contributed by atoms with van der Waals surface area (Å²) < 4.78 is 0. The SMILES string of the molecule is NCCC(O)C(O)c1cccc(C(N)=S)c1. The standard InChI is InChI=1S/C11H16N2O2S/c12-5-4-9(14)10(15)7-2-1-3-8(6-7)11(13)16/h1-3,6,9-10,14-15H,4-5,12H2,(H2,13,16). The van der Waals surface area contributed by atoms with Gasteiger partial charge >= 0.3 is 0 Å². The highest BCUT2D eigenvalue weighted by molar-refractivity contribution is 7.80. The van der Waals surface area contributed by atoms with Gasteiger partial charge < -0.3 is 21.7 Å². The minimum atomic E-state index is -0.960. The molecule has 6 N–H and O–H groups in total. The first-order valence-corrected chi connectivity index (χ1v) is 5.43. The summed E-state index contributed by atoms with van der Waals surface area (Å²) in [6.07, 6.45) is -1.48. The van der Waals surface area contributed by atoms with Crippen LogP contribution in [0, 0.1) is 0 Å². The highest BCUT2D eigenvalue weighted by Crippen LogP contribution is 2.19. The van der Waals surface area contributed by atoms with E-state index in [4.69, 9.17) is 23.7 Å². The number of hydrogen-bond donors (Lipinski definition) is 4. The molecule has 0 amide bonds. The van der Waals surface area contributed by atoms with Crippen molar-refractivity contribution in [3.05, 3.63) is 35.4 Å². The monoisotopic (exact) mass is 240 g/mol. The summed E-state index contributed by atoms with van der Waals surface area (Å²) >= 11 is 4.84. The molecule has 0 spiro atoms. The largest absolute Gasteiger partial charge is 0.390 e. The van der Waals surface area contributed by atoms with E-state index in [-0.39, 0.29) is 4.99 Å². The van der Waals surface area contributed by atoms with Crippen LogP contribution >= 0.6 is 12.2 Å². The van der Waals surface area contributed by atoms with E-state index < -0.39 is 12.2 Å². The van der Waals surface area contributed by atoms with E-state index in [2.05, 4.69) is 0 Å². The van der Waals surface area contributed by atoms with Crippen molar-refractivity contribution in [1.29, 1.82) is 0 Å². The molecule has 5 heteroatoms. The van der Waals surface area contributed by atoms with Gasteiger partial charge in [0.15, 0.2) is 0 Å². The number of benzene rings is 1. The van der Waals surface area contributed by atoms with E-state index in [0.29, 0.717) is 24.1 Å². The Kier molecular flexibility index (Phi) is 4.82. The van der Waals surface area contributed by atoms with Gasteiger partial charge in [0.2, 0.25) is 0 Å². The molecule has 0 saturated heterocycles. The Bertz CT molecular complexity index is 371. The highest BCUT2D eigenvalue weighted by Gasteiger charge is 2.17. The fraction of sp³-hybridized carbons (Fsp3) is 0.364. The summed E-state index contributed by atoms with van der Waals surface area (Å²) in [7, 11) is 0. The Hall–Kier alpha value is -1.01. The van der Waals surface area contributed by atoms with Crippen LogP contribution in [0.25, 0.3) is 0 Å². The summed E-state index contributed by atoms with van der Waals surface area (Å²) in [6.45, 7) is 0.327. The van der Waals surface area contributed by atoms with Crippen molar-refractivity contribution >= 4 is 17.2 Å². The van der Waals surface area contributed by atoms with Crippen LogP contribution in [-0.4, -0.2) is 27.9 Å². The molecule has 16 heavy (non-hydrogen) atoms. The van der Waals surface area contributed by atoms with Crippen LogP contribution in [0.15, 0.2) is 24.3 Å². The van der Waals surface area contributed by atoms with Crippen LogP contribution < -0.4 is 11.5 Å². The zero-order valence-electron chi connectivity index (χ0n) is 8.84. The second-order valence-corrected chi connectivity index (χ2v) is 4.02. The number of nitrogens with two attached hydrogens (primary N) is 2. The van der Waals surface area contributed by atoms with Crippen LogP contribution in [0.1, 0.15) is 23.7 Å². The van der Waals surface area contributed by atoms with Crippen molar-refractivity contribution in [2.45, 2.75) is 18.6 Å². The molecule has 0 aromatic heterocycles. The molecule has 0 bridgehead atoms. The van der Waals surface area contributed by atoms with E-state index in [0.717, 1.165) is 0 Å². The summed E-state index contributed by atoms with van der Waals surface area (Å²) in [4.78, 5) is 0.266. The van der Waals surface area contributed by atoms with Crippen LogP contribution in [-0.2, 0) is 0 Å². The number of aliphatic hydroxyl groups is 2. The molecule has 2 atom stereocenters. The molecule has 0 aliphatic heterocycles. The number of hydrogen-bond acceptors (Lipinski definition) is 4. The summed E-state index contributed by atoms with van der Waals surface area (Å²) in [5, 5.41) is 19.4. The molecule has 0 saturated carbocycles. The van der Waals surface area contributed by atoms with Gasteiger partial charge in [-0.15, -0.1) is 0 Å². The lowest BCUT2D eigenvalue weighted by Crippen LogP contribution is -2.22. The maximum absolute atomic E-state index is 9.84. The van der Waals surface area contributed by atoms with Crippen molar-refractivity contribution in [1.82, 2.24) is 0 Å². The Labute approximate surface area is 99.9 Å². The smallest absolute Gasteiger partial charge is 0.105 e. The number of aliphatic hydroxyl groups excluding tert-OH is 2. The van der Waals surface area contributed by atoms with E-state index in [1.165, 1.54) is 0 Å². The molecule has 2 unspecified atom stereocenters. The second-order valence-electron chi connectivity index (χ2n) is 3.58. The molecular formula is C11H16N2O2S. The molecule has 4 nitrogen and oxygen atoms in total. The van der Waals surface area contributed by atoms with E-state index in [9.17, 15) is 10.2 Å². The Morgan fingerprint density at radius 3 is 2.62 bits per heavy atom. The van der Waals surface area contributed by atoms with E-state index in [1.54, 1.807) is 24.3 Å². The fourth-order valence-corrected chi connectivity index (χ4v) is 1.55. The third kappa shape index (κ3) is 3.24. The van der Waals surface area contributed by atoms with Gasteiger partial charge in [-0.1, -0.05) is 30.4 Å². The molecule has 1 aromatic rings. The first-order chi connectivity index (χ1) is 7.56. The maximum Gasteiger partial charge on any atom is 0.105 e. The summed E-state index contributed by atoms with van der Waals surface area (Å²) in [5.74, 6) is 0. The van der Waals surface area contributed by atoms with Crippen molar-refractivity contribution in [3.8, 4) is 0 Å². The average Bonchev–Trinajstić information content (AvgIpc) is 2.28. The first kappa shape index (κ1) is 13.1. The number of thiocarbonyl (C=S) groups is 1. The predicted molar refractivity (Wildman–Crippen MR) is 67.0 cm³/mol. The molecule has 0 aliphatic carbocycles. The molecule has 0 heterocycles. The Balaban J connectivity index is 2.86. The van der Waals surface area contributed by atoms with Gasteiger partial charge in [0.25, 0.3) is 0 Å². The molecule has 0 aliphatic rings.